The SMILES string of the molecule is CCc1c(F)ccc2cc(O)cc(-c3ncc4c(N5CCOCC(O)C5)nc(OCC56CCCC5N(C5COC5)CCC6)nc4c3F)c12. The van der Waals surface area contributed by atoms with Gasteiger partial charge >= 0.3 is 6.01 Å². The van der Waals surface area contributed by atoms with Crippen LogP contribution in [-0.4, -0.2) is 101 Å². The Morgan fingerprint density at radius 1 is 1.06 bits per heavy atom. The van der Waals surface area contributed by atoms with E-state index in [-0.39, 0.29) is 47.1 Å². The fourth-order valence-electron chi connectivity index (χ4n) is 8.53. The Morgan fingerprint density at radius 2 is 1.92 bits per heavy atom. The van der Waals surface area contributed by atoms with Crippen LogP contribution in [0.4, 0.5) is 14.6 Å². The fraction of sp³-hybridized carbons (Fsp3) is 0.528. The van der Waals surface area contributed by atoms with E-state index < -0.39 is 17.7 Å². The first kappa shape index (κ1) is 31.6. The third-order valence-corrected chi connectivity index (χ3v) is 10.9. The Bertz CT molecular complexity index is 1860. The van der Waals surface area contributed by atoms with E-state index >= 15 is 8.78 Å². The zero-order chi connectivity index (χ0) is 33.0. The first-order valence-electron chi connectivity index (χ1n) is 17.1. The third kappa shape index (κ3) is 5.42. The molecule has 12 heteroatoms. The molecule has 48 heavy (non-hydrogen) atoms. The second-order valence-electron chi connectivity index (χ2n) is 13.8. The van der Waals surface area contributed by atoms with Gasteiger partial charge in [0.2, 0.25) is 0 Å². The van der Waals surface area contributed by atoms with Gasteiger partial charge in [0.25, 0.3) is 0 Å². The van der Waals surface area contributed by atoms with Gasteiger partial charge in [-0.1, -0.05) is 19.4 Å². The first-order chi connectivity index (χ1) is 23.3. The minimum absolute atomic E-state index is 0.00274. The van der Waals surface area contributed by atoms with Crippen molar-refractivity contribution in [3.05, 3.63) is 47.7 Å². The summed E-state index contributed by atoms with van der Waals surface area (Å²) in [7, 11) is 0. The van der Waals surface area contributed by atoms with Crippen molar-refractivity contribution < 1.29 is 33.2 Å². The molecule has 3 unspecified atom stereocenters. The van der Waals surface area contributed by atoms with Gasteiger partial charge in [0.15, 0.2) is 5.82 Å². The average Bonchev–Trinajstić information content (AvgIpc) is 3.37. The lowest BCUT2D eigenvalue weighted by molar-refractivity contribution is -0.115. The van der Waals surface area contributed by atoms with Crippen molar-refractivity contribution >= 4 is 27.5 Å². The van der Waals surface area contributed by atoms with Crippen LogP contribution < -0.4 is 9.64 Å². The highest BCUT2D eigenvalue weighted by Crippen LogP contribution is 2.49. The average molecular weight is 662 g/mol. The lowest BCUT2D eigenvalue weighted by Gasteiger charge is -2.51. The Morgan fingerprint density at radius 3 is 2.73 bits per heavy atom. The Balaban J connectivity index is 1.23. The Kier molecular flexibility index (Phi) is 8.30. The number of aromatic nitrogens is 3. The summed E-state index contributed by atoms with van der Waals surface area (Å²) in [6.45, 7) is 6.05. The number of hydrogen-bond acceptors (Lipinski definition) is 10. The third-order valence-electron chi connectivity index (χ3n) is 10.9. The number of halogens is 2. The number of likely N-dealkylation sites (tertiary alicyclic amines) is 1. The molecule has 8 rings (SSSR count). The smallest absolute Gasteiger partial charge is 0.319 e. The van der Waals surface area contributed by atoms with E-state index in [0.717, 1.165) is 51.9 Å². The number of pyridine rings is 1. The second-order valence-corrected chi connectivity index (χ2v) is 13.8. The maximum absolute atomic E-state index is 16.9. The fourth-order valence-corrected chi connectivity index (χ4v) is 8.53. The summed E-state index contributed by atoms with van der Waals surface area (Å²) >= 11 is 0. The summed E-state index contributed by atoms with van der Waals surface area (Å²) in [4.78, 5) is 18.5. The number of phenolic OH excluding ortho intramolecular Hbond substituents is 1. The van der Waals surface area contributed by atoms with Crippen LogP contribution in [0.3, 0.4) is 0 Å². The highest BCUT2D eigenvalue weighted by Gasteiger charge is 2.51. The molecular weight excluding hydrogens is 620 g/mol. The van der Waals surface area contributed by atoms with E-state index in [4.69, 9.17) is 19.2 Å². The molecule has 254 valence electrons. The van der Waals surface area contributed by atoms with Gasteiger partial charge in [-0.25, -0.2) is 8.78 Å². The number of aromatic hydroxyl groups is 1. The number of nitrogens with zero attached hydrogens (tertiary/aromatic N) is 5. The van der Waals surface area contributed by atoms with Gasteiger partial charge in [-0.3, -0.25) is 9.88 Å². The second kappa shape index (κ2) is 12.6. The van der Waals surface area contributed by atoms with E-state index in [0.29, 0.717) is 65.8 Å². The number of aliphatic hydroxyl groups excluding tert-OH is 1. The van der Waals surface area contributed by atoms with E-state index in [1.54, 1.807) is 6.07 Å². The summed E-state index contributed by atoms with van der Waals surface area (Å²) in [5.41, 5.74) is 0.579. The molecule has 4 aliphatic rings. The number of phenols is 1. The van der Waals surface area contributed by atoms with Gasteiger partial charge in [0.1, 0.15) is 28.6 Å². The molecule has 1 aliphatic carbocycles. The van der Waals surface area contributed by atoms with E-state index in [1.807, 2.05) is 11.8 Å². The summed E-state index contributed by atoms with van der Waals surface area (Å²) in [5, 5.41) is 22.6. The van der Waals surface area contributed by atoms with Gasteiger partial charge in [0, 0.05) is 36.3 Å². The highest BCUT2D eigenvalue weighted by molar-refractivity contribution is 6.01. The number of piperidine rings is 1. The van der Waals surface area contributed by atoms with E-state index in [2.05, 4.69) is 14.9 Å². The topological polar surface area (TPSA) is 113 Å². The van der Waals surface area contributed by atoms with Crippen molar-refractivity contribution in [3.8, 4) is 23.0 Å². The maximum Gasteiger partial charge on any atom is 0.319 e. The van der Waals surface area contributed by atoms with E-state index in [1.165, 1.54) is 24.4 Å². The molecule has 5 heterocycles. The van der Waals surface area contributed by atoms with Crippen LogP contribution in [0, 0.1) is 17.0 Å². The molecule has 2 aromatic carbocycles. The van der Waals surface area contributed by atoms with Crippen LogP contribution in [0.25, 0.3) is 32.9 Å². The van der Waals surface area contributed by atoms with Crippen LogP contribution in [0.1, 0.15) is 44.6 Å². The Hall–Kier alpha value is -3.71. The van der Waals surface area contributed by atoms with Gasteiger partial charge in [-0.2, -0.15) is 9.97 Å². The number of ether oxygens (including phenoxy) is 3. The molecule has 10 nitrogen and oxygen atoms in total. The van der Waals surface area contributed by atoms with Crippen LogP contribution >= 0.6 is 0 Å². The molecule has 3 aliphatic heterocycles. The molecule has 3 atom stereocenters. The largest absolute Gasteiger partial charge is 0.508 e. The van der Waals surface area contributed by atoms with Crippen LogP contribution in [0.15, 0.2) is 30.5 Å². The molecular formula is C36H41F2N5O5. The predicted molar refractivity (Wildman–Crippen MR) is 176 cm³/mol. The van der Waals surface area contributed by atoms with E-state index in [9.17, 15) is 10.2 Å². The highest BCUT2D eigenvalue weighted by atomic mass is 19.1. The molecule has 4 fully saturated rings. The number of benzene rings is 2. The zero-order valence-electron chi connectivity index (χ0n) is 27.1. The van der Waals surface area contributed by atoms with Crippen LogP contribution in [-0.2, 0) is 15.9 Å². The molecule has 0 bridgehead atoms. The quantitative estimate of drug-likeness (QED) is 0.281. The van der Waals surface area contributed by atoms with Crippen LogP contribution in [0.5, 0.6) is 11.8 Å². The van der Waals surface area contributed by atoms with Crippen molar-refractivity contribution in [2.45, 2.75) is 63.6 Å². The lowest BCUT2D eigenvalue weighted by Crippen LogP contribution is -2.60. The van der Waals surface area contributed by atoms with Gasteiger partial charge < -0.3 is 29.3 Å². The van der Waals surface area contributed by atoms with Crippen molar-refractivity contribution in [1.82, 2.24) is 19.9 Å². The summed E-state index contributed by atoms with van der Waals surface area (Å²) in [5.74, 6) is -0.817. The zero-order valence-corrected chi connectivity index (χ0v) is 27.1. The number of rotatable bonds is 7. The van der Waals surface area contributed by atoms with Gasteiger partial charge in [-0.15, -0.1) is 0 Å². The number of anilines is 1. The lowest BCUT2D eigenvalue weighted by atomic mass is 9.75. The molecule has 2 aromatic heterocycles. The molecule has 0 amide bonds. The number of aliphatic hydroxyl groups is 1. The standard InChI is InChI=1S/C36H41F2N5O5/c1-2-25-28(37)7-6-21-13-23(44)14-26(30(21)25)32-31(38)33-27(15-39-32)34(42-11-12-46-19-24(45)16-42)41-35(40-33)48-20-36-8-3-5-29(36)43(10-4-9-36)22-17-47-18-22/h6-7,13-15,22,24,29,44-45H,2-5,8-12,16-20H2,1H3. The molecule has 4 aromatic rings. The minimum Gasteiger partial charge on any atom is -0.508 e. The van der Waals surface area contributed by atoms with Crippen molar-refractivity contribution in [2.75, 3.05) is 57.6 Å². The van der Waals surface area contributed by atoms with Gasteiger partial charge in [0.05, 0.1) is 50.6 Å². The summed E-state index contributed by atoms with van der Waals surface area (Å²) in [6, 6.07) is 6.78. The molecule has 0 spiro atoms. The normalized spacial score (nSPS) is 25.3. The monoisotopic (exact) mass is 661 g/mol. The first-order valence-corrected chi connectivity index (χ1v) is 17.1. The van der Waals surface area contributed by atoms with Crippen molar-refractivity contribution in [3.63, 3.8) is 0 Å². The minimum atomic E-state index is -0.762. The van der Waals surface area contributed by atoms with Crippen molar-refractivity contribution in [2.24, 2.45) is 5.41 Å². The summed E-state index contributed by atoms with van der Waals surface area (Å²) < 4.78 is 49.5. The van der Waals surface area contributed by atoms with Crippen molar-refractivity contribution in [1.29, 1.82) is 0 Å². The van der Waals surface area contributed by atoms with Crippen LogP contribution in [0.2, 0.25) is 0 Å². The number of aryl methyl sites for hydroxylation is 1. The number of hydrogen-bond donors (Lipinski definition) is 2. The molecule has 3 saturated heterocycles. The molecule has 1 saturated carbocycles. The number of fused-ring (bicyclic) bond motifs is 3. The number of β-amino-alcohol motifs (C(OH)–C–C–N with tert-alkyl or cyclic N) is 1. The molecule has 0 radical (unpaired) electrons. The summed E-state index contributed by atoms with van der Waals surface area (Å²) in [6.07, 6.45) is 6.51. The Labute approximate surface area is 277 Å². The van der Waals surface area contributed by atoms with Gasteiger partial charge in [-0.05, 0) is 73.2 Å². The maximum atomic E-state index is 16.9. The molecule has 2 N–H and O–H groups in total. The predicted octanol–water partition coefficient (Wildman–Crippen LogP) is 5.00.